The first kappa shape index (κ1) is 23.4. The lowest BCUT2D eigenvalue weighted by Crippen LogP contribution is -2.49. The number of carbonyl (C=O) groups excluding carboxylic acids is 1. The summed E-state index contributed by atoms with van der Waals surface area (Å²) in [6, 6.07) is 22.7. The third-order valence-corrected chi connectivity index (χ3v) is 5.67. The standard InChI is InChI=1S/C26H29N5O3/c1-34-21-9-5-8-20(12-21)16-27-17-25(32)24(13-18-6-3-2-4-7-18)28-26(33)15-19-10-11-22-23(14-19)30-31-29-22/h2-12,14,24-25,27,32H,13,15-17H2,1H3,(H,28,33)(H,29,30,31)/t24-,25+/m0/s1. The molecule has 1 amide bonds. The van der Waals surface area contributed by atoms with Crippen LogP contribution in [-0.4, -0.2) is 52.2 Å². The van der Waals surface area contributed by atoms with E-state index in [1.165, 1.54) is 0 Å². The number of nitrogens with one attached hydrogen (secondary N) is 3. The molecule has 0 spiro atoms. The van der Waals surface area contributed by atoms with Crippen LogP contribution in [0.2, 0.25) is 0 Å². The van der Waals surface area contributed by atoms with E-state index in [4.69, 9.17) is 4.74 Å². The molecule has 4 aromatic rings. The van der Waals surface area contributed by atoms with Gasteiger partial charge in [-0.25, -0.2) is 0 Å². The molecule has 0 unspecified atom stereocenters. The zero-order valence-corrected chi connectivity index (χ0v) is 19.1. The van der Waals surface area contributed by atoms with Crippen LogP contribution in [0.25, 0.3) is 11.0 Å². The van der Waals surface area contributed by atoms with Gasteiger partial charge in [0.2, 0.25) is 5.91 Å². The highest BCUT2D eigenvalue weighted by Gasteiger charge is 2.22. The van der Waals surface area contributed by atoms with Crippen molar-refractivity contribution >= 4 is 16.9 Å². The molecule has 3 aromatic carbocycles. The maximum absolute atomic E-state index is 12.9. The number of hydrogen-bond acceptors (Lipinski definition) is 6. The van der Waals surface area contributed by atoms with E-state index in [9.17, 15) is 9.90 Å². The molecule has 2 atom stereocenters. The van der Waals surface area contributed by atoms with Crippen molar-refractivity contribution in [3.8, 4) is 5.75 Å². The Labute approximate surface area is 198 Å². The largest absolute Gasteiger partial charge is 0.497 e. The second-order valence-corrected chi connectivity index (χ2v) is 8.24. The highest BCUT2D eigenvalue weighted by molar-refractivity contribution is 5.81. The zero-order chi connectivity index (χ0) is 23.8. The van der Waals surface area contributed by atoms with Crippen molar-refractivity contribution < 1.29 is 14.6 Å². The predicted octanol–water partition coefficient (Wildman–Crippen LogP) is 2.39. The number of fused-ring (bicyclic) bond motifs is 1. The predicted molar refractivity (Wildman–Crippen MR) is 130 cm³/mol. The van der Waals surface area contributed by atoms with Crippen molar-refractivity contribution in [3.05, 3.63) is 89.5 Å². The SMILES string of the molecule is COc1cccc(CNC[C@@H](O)[C@H](Cc2ccccc2)NC(=O)Cc2ccc3n[nH]nc3c2)c1. The van der Waals surface area contributed by atoms with Crippen LogP contribution < -0.4 is 15.4 Å². The fraction of sp³-hybridized carbons (Fsp3) is 0.269. The van der Waals surface area contributed by atoms with Gasteiger partial charge in [0.15, 0.2) is 0 Å². The zero-order valence-electron chi connectivity index (χ0n) is 19.1. The number of amides is 1. The number of hydrogen-bond donors (Lipinski definition) is 4. The molecule has 0 saturated heterocycles. The summed E-state index contributed by atoms with van der Waals surface area (Å²) in [6.07, 6.45) is -0.0534. The first-order valence-corrected chi connectivity index (χ1v) is 11.2. The molecule has 4 N–H and O–H groups in total. The summed E-state index contributed by atoms with van der Waals surface area (Å²) in [5.74, 6) is 0.633. The molecule has 0 bridgehead atoms. The first-order chi connectivity index (χ1) is 16.6. The van der Waals surface area contributed by atoms with E-state index >= 15 is 0 Å². The molecule has 4 rings (SSSR count). The molecule has 1 heterocycles. The van der Waals surface area contributed by atoms with E-state index in [2.05, 4.69) is 26.0 Å². The second kappa shape index (κ2) is 11.4. The molecular weight excluding hydrogens is 430 g/mol. The minimum atomic E-state index is -0.771. The van der Waals surface area contributed by atoms with Gasteiger partial charge in [-0.15, -0.1) is 0 Å². The Bertz CT molecular complexity index is 1210. The van der Waals surface area contributed by atoms with Gasteiger partial charge in [0.05, 0.1) is 25.7 Å². The third-order valence-electron chi connectivity index (χ3n) is 5.67. The van der Waals surface area contributed by atoms with Gasteiger partial charge in [0.25, 0.3) is 0 Å². The number of aromatic amines is 1. The van der Waals surface area contributed by atoms with E-state index in [1.807, 2.05) is 72.8 Å². The van der Waals surface area contributed by atoms with E-state index in [0.717, 1.165) is 28.0 Å². The van der Waals surface area contributed by atoms with Crippen LogP contribution >= 0.6 is 0 Å². The lowest BCUT2D eigenvalue weighted by atomic mass is 10.00. The molecule has 0 aliphatic carbocycles. The quantitative estimate of drug-likeness (QED) is 0.274. The average molecular weight is 460 g/mol. The summed E-state index contributed by atoms with van der Waals surface area (Å²) < 4.78 is 5.26. The Morgan fingerprint density at radius 3 is 2.59 bits per heavy atom. The Kier molecular flexibility index (Phi) is 7.85. The van der Waals surface area contributed by atoms with Gasteiger partial charge >= 0.3 is 0 Å². The van der Waals surface area contributed by atoms with Gasteiger partial charge < -0.3 is 20.5 Å². The molecule has 176 valence electrons. The average Bonchev–Trinajstić information content (AvgIpc) is 3.32. The van der Waals surface area contributed by atoms with Gasteiger partial charge in [0.1, 0.15) is 16.8 Å². The van der Waals surface area contributed by atoms with Gasteiger partial charge in [0, 0.05) is 13.1 Å². The highest BCUT2D eigenvalue weighted by atomic mass is 16.5. The Morgan fingerprint density at radius 1 is 0.971 bits per heavy atom. The van der Waals surface area contributed by atoms with Crippen molar-refractivity contribution in [2.24, 2.45) is 0 Å². The molecule has 8 heteroatoms. The molecule has 0 aliphatic rings. The number of H-pyrrole nitrogens is 1. The van der Waals surface area contributed by atoms with Crippen molar-refractivity contribution in [3.63, 3.8) is 0 Å². The number of aromatic nitrogens is 3. The van der Waals surface area contributed by atoms with Gasteiger partial charge in [-0.3, -0.25) is 4.79 Å². The van der Waals surface area contributed by atoms with Gasteiger partial charge in [-0.1, -0.05) is 48.5 Å². The van der Waals surface area contributed by atoms with Crippen LogP contribution in [0, 0.1) is 0 Å². The van der Waals surface area contributed by atoms with Gasteiger partial charge in [-0.05, 0) is 47.4 Å². The smallest absolute Gasteiger partial charge is 0.224 e. The molecule has 0 radical (unpaired) electrons. The molecule has 1 aromatic heterocycles. The summed E-state index contributed by atoms with van der Waals surface area (Å²) >= 11 is 0. The van der Waals surface area contributed by atoms with Crippen LogP contribution in [0.3, 0.4) is 0 Å². The topological polar surface area (TPSA) is 112 Å². The Hall–Kier alpha value is -3.75. The summed E-state index contributed by atoms with van der Waals surface area (Å²) in [5.41, 5.74) is 4.40. The van der Waals surface area contributed by atoms with Crippen LogP contribution in [0.1, 0.15) is 16.7 Å². The number of carbonyl (C=O) groups is 1. The number of benzene rings is 3. The highest BCUT2D eigenvalue weighted by Crippen LogP contribution is 2.14. The van der Waals surface area contributed by atoms with Crippen LogP contribution in [0.5, 0.6) is 5.75 Å². The Balaban J connectivity index is 1.38. The van der Waals surface area contributed by atoms with Crippen LogP contribution in [-0.2, 0) is 24.2 Å². The number of nitrogens with zero attached hydrogens (tertiary/aromatic N) is 2. The fourth-order valence-electron chi connectivity index (χ4n) is 3.88. The van der Waals surface area contributed by atoms with Crippen LogP contribution in [0.15, 0.2) is 72.8 Å². The Morgan fingerprint density at radius 2 is 1.76 bits per heavy atom. The number of ether oxygens (including phenoxy) is 1. The summed E-state index contributed by atoms with van der Waals surface area (Å²) in [4.78, 5) is 12.9. The number of methoxy groups -OCH3 is 1. The molecular formula is C26H29N5O3. The molecule has 34 heavy (non-hydrogen) atoms. The lowest BCUT2D eigenvalue weighted by molar-refractivity contribution is -0.122. The maximum atomic E-state index is 12.9. The molecule has 8 nitrogen and oxygen atoms in total. The van der Waals surface area contributed by atoms with E-state index in [1.54, 1.807) is 7.11 Å². The normalized spacial score (nSPS) is 12.9. The van der Waals surface area contributed by atoms with Crippen LogP contribution in [0.4, 0.5) is 0 Å². The molecule has 0 fully saturated rings. The maximum Gasteiger partial charge on any atom is 0.224 e. The van der Waals surface area contributed by atoms with Crippen molar-refractivity contribution in [1.82, 2.24) is 26.0 Å². The van der Waals surface area contributed by atoms with E-state index in [-0.39, 0.29) is 12.3 Å². The van der Waals surface area contributed by atoms with Crippen molar-refractivity contribution in [2.75, 3.05) is 13.7 Å². The van der Waals surface area contributed by atoms with E-state index in [0.29, 0.717) is 25.0 Å². The van der Waals surface area contributed by atoms with Crippen molar-refractivity contribution in [2.45, 2.75) is 31.5 Å². The molecule has 0 aliphatic heterocycles. The summed E-state index contributed by atoms with van der Waals surface area (Å²) in [6.45, 7) is 0.915. The number of aliphatic hydroxyl groups excluding tert-OH is 1. The monoisotopic (exact) mass is 459 g/mol. The molecule has 0 saturated carbocycles. The second-order valence-electron chi connectivity index (χ2n) is 8.24. The first-order valence-electron chi connectivity index (χ1n) is 11.2. The van der Waals surface area contributed by atoms with E-state index < -0.39 is 12.1 Å². The minimum absolute atomic E-state index is 0.157. The third kappa shape index (κ3) is 6.40. The summed E-state index contributed by atoms with van der Waals surface area (Å²) in [5, 5.41) is 28.0. The summed E-state index contributed by atoms with van der Waals surface area (Å²) in [7, 11) is 1.64. The number of aliphatic hydroxyl groups is 1. The fourth-order valence-corrected chi connectivity index (χ4v) is 3.88. The van der Waals surface area contributed by atoms with Crippen molar-refractivity contribution in [1.29, 1.82) is 0 Å². The minimum Gasteiger partial charge on any atom is -0.497 e. The van der Waals surface area contributed by atoms with Gasteiger partial charge in [-0.2, -0.15) is 15.4 Å². The lowest BCUT2D eigenvalue weighted by Gasteiger charge is -2.25. The number of rotatable bonds is 11.